The summed E-state index contributed by atoms with van der Waals surface area (Å²) in [5, 5.41) is 0. The van der Waals surface area contributed by atoms with E-state index in [4.69, 9.17) is 0 Å². The van der Waals surface area contributed by atoms with Gasteiger partial charge in [0.2, 0.25) is 11.8 Å². The molecule has 3 aliphatic rings. The molecule has 0 atom stereocenters. The lowest BCUT2D eigenvalue weighted by atomic mass is 9.73. The Morgan fingerprint density at radius 1 is 0.923 bits per heavy atom. The van der Waals surface area contributed by atoms with Gasteiger partial charge in [0.25, 0.3) is 0 Å². The Hall–Kier alpha value is -1.95. The van der Waals surface area contributed by atoms with Gasteiger partial charge in [-0.15, -0.1) is 0 Å². The Kier molecular flexibility index (Phi) is 4.69. The zero-order chi connectivity index (χ0) is 18.1. The van der Waals surface area contributed by atoms with Crippen LogP contribution in [0.3, 0.4) is 0 Å². The molecule has 6 heteroatoms. The van der Waals surface area contributed by atoms with E-state index in [1.165, 1.54) is 23.5 Å². The molecule has 4 rings (SSSR count). The molecule has 3 fully saturated rings. The van der Waals surface area contributed by atoms with Crippen LogP contribution in [0, 0.1) is 11.2 Å². The number of hydrogen-bond donors (Lipinski definition) is 0. The van der Waals surface area contributed by atoms with Crippen LogP contribution in [0.4, 0.5) is 10.1 Å². The Morgan fingerprint density at radius 2 is 1.58 bits per heavy atom. The molecule has 2 aliphatic heterocycles. The Morgan fingerprint density at radius 3 is 2.23 bits per heavy atom. The predicted molar refractivity (Wildman–Crippen MR) is 97.0 cm³/mol. The molecule has 26 heavy (non-hydrogen) atoms. The van der Waals surface area contributed by atoms with E-state index in [1.807, 2.05) is 0 Å². The monoisotopic (exact) mass is 359 g/mol. The second-order valence-electron chi connectivity index (χ2n) is 7.87. The SMILES string of the molecule is O=C1CC2(CCCCC2)C(=O)N1CN1CCN(c2ccc(F)cc2)CC1. The van der Waals surface area contributed by atoms with Crippen molar-refractivity contribution in [2.75, 3.05) is 37.7 Å². The second kappa shape index (κ2) is 6.99. The lowest BCUT2D eigenvalue weighted by Crippen LogP contribution is -2.51. The number of nitrogens with zero attached hydrogens (tertiary/aromatic N) is 3. The van der Waals surface area contributed by atoms with Crippen molar-refractivity contribution in [1.82, 2.24) is 9.80 Å². The molecule has 1 aromatic rings. The first-order valence-electron chi connectivity index (χ1n) is 9.65. The van der Waals surface area contributed by atoms with Crippen LogP contribution in [0.15, 0.2) is 24.3 Å². The number of piperazine rings is 1. The summed E-state index contributed by atoms with van der Waals surface area (Å²) in [5.41, 5.74) is 0.617. The molecule has 5 nitrogen and oxygen atoms in total. The van der Waals surface area contributed by atoms with Gasteiger partial charge in [0.1, 0.15) is 5.82 Å². The van der Waals surface area contributed by atoms with E-state index < -0.39 is 5.41 Å². The summed E-state index contributed by atoms with van der Waals surface area (Å²) in [6.45, 7) is 3.62. The standard InChI is InChI=1S/C20H26FN3O2/c21-16-4-6-17(7-5-16)23-12-10-22(11-13-23)15-24-18(25)14-20(19(24)26)8-2-1-3-9-20/h4-7H,1-3,8-15H2. The molecule has 1 spiro atoms. The van der Waals surface area contributed by atoms with E-state index in [9.17, 15) is 14.0 Å². The average molecular weight is 359 g/mol. The molecule has 0 aromatic heterocycles. The Labute approximate surface area is 153 Å². The van der Waals surface area contributed by atoms with Crippen molar-refractivity contribution in [3.8, 4) is 0 Å². The molecule has 2 saturated heterocycles. The van der Waals surface area contributed by atoms with Crippen LogP contribution < -0.4 is 4.90 Å². The topological polar surface area (TPSA) is 43.9 Å². The van der Waals surface area contributed by atoms with Crippen molar-refractivity contribution in [2.24, 2.45) is 5.41 Å². The second-order valence-corrected chi connectivity index (χ2v) is 7.87. The molecule has 0 N–H and O–H groups in total. The van der Waals surface area contributed by atoms with Crippen molar-refractivity contribution in [1.29, 1.82) is 0 Å². The number of rotatable bonds is 3. The Bertz CT molecular complexity index is 677. The lowest BCUT2D eigenvalue weighted by Gasteiger charge is -2.38. The summed E-state index contributed by atoms with van der Waals surface area (Å²) >= 11 is 0. The van der Waals surface area contributed by atoms with Gasteiger partial charge in [-0.2, -0.15) is 0 Å². The predicted octanol–water partition coefficient (Wildman–Crippen LogP) is 2.61. The highest BCUT2D eigenvalue weighted by Crippen LogP contribution is 2.45. The molecule has 140 valence electrons. The molecular weight excluding hydrogens is 333 g/mol. The molecule has 1 aromatic carbocycles. The van der Waals surface area contributed by atoms with Gasteiger partial charge in [-0.1, -0.05) is 19.3 Å². The number of imide groups is 1. The molecule has 2 amide bonds. The van der Waals surface area contributed by atoms with Gasteiger partial charge in [-0.25, -0.2) is 4.39 Å². The summed E-state index contributed by atoms with van der Waals surface area (Å²) in [4.78, 5) is 31.3. The van der Waals surface area contributed by atoms with Crippen molar-refractivity contribution < 1.29 is 14.0 Å². The minimum Gasteiger partial charge on any atom is -0.369 e. The number of carbonyl (C=O) groups is 2. The van der Waals surface area contributed by atoms with Crippen LogP contribution in [0.25, 0.3) is 0 Å². The van der Waals surface area contributed by atoms with E-state index in [0.29, 0.717) is 13.1 Å². The first kappa shape index (κ1) is 17.5. The fourth-order valence-electron chi connectivity index (χ4n) is 4.62. The average Bonchev–Trinajstić information content (AvgIpc) is 2.88. The van der Waals surface area contributed by atoms with Gasteiger partial charge in [0.05, 0.1) is 12.1 Å². The largest absolute Gasteiger partial charge is 0.369 e. The lowest BCUT2D eigenvalue weighted by molar-refractivity contribution is -0.144. The summed E-state index contributed by atoms with van der Waals surface area (Å²) in [5.74, 6) is -0.170. The number of likely N-dealkylation sites (tertiary alicyclic amines) is 1. The summed E-state index contributed by atoms with van der Waals surface area (Å²) in [6, 6.07) is 6.55. The summed E-state index contributed by atoms with van der Waals surface area (Å²) < 4.78 is 13.1. The van der Waals surface area contributed by atoms with Crippen molar-refractivity contribution in [3.63, 3.8) is 0 Å². The number of benzene rings is 1. The van der Waals surface area contributed by atoms with Gasteiger partial charge in [-0.05, 0) is 37.1 Å². The maximum Gasteiger partial charge on any atom is 0.237 e. The van der Waals surface area contributed by atoms with Crippen LogP contribution in [0.1, 0.15) is 38.5 Å². The zero-order valence-electron chi connectivity index (χ0n) is 15.1. The molecule has 0 unspecified atom stereocenters. The summed E-state index contributed by atoms with van der Waals surface area (Å²) in [6.07, 6.45) is 5.43. The van der Waals surface area contributed by atoms with Gasteiger partial charge >= 0.3 is 0 Å². The molecule has 1 saturated carbocycles. The van der Waals surface area contributed by atoms with Crippen LogP contribution in [-0.4, -0.2) is 54.5 Å². The molecule has 1 aliphatic carbocycles. The van der Waals surface area contributed by atoms with E-state index in [0.717, 1.165) is 57.5 Å². The van der Waals surface area contributed by atoms with Crippen LogP contribution >= 0.6 is 0 Å². The van der Waals surface area contributed by atoms with E-state index >= 15 is 0 Å². The van der Waals surface area contributed by atoms with Gasteiger partial charge in [-0.3, -0.25) is 19.4 Å². The first-order valence-corrected chi connectivity index (χ1v) is 9.65. The maximum atomic E-state index is 13.1. The van der Waals surface area contributed by atoms with Crippen molar-refractivity contribution in [3.05, 3.63) is 30.1 Å². The maximum absolute atomic E-state index is 13.1. The minimum atomic E-state index is -0.398. The van der Waals surface area contributed by atoms with Crippen LogP contribution in [0.5, 0.6) is 0 Å². The highest BCUT2D eigenvalue weighted by atomic mass is 19.1. The highest BCUT2D eigenvalue weighted by molar-refractivity contribution is 6.05. The smallest absolute Gasteiger partial charge is 0.237 e. The highest BCUT2D eigenvalue weighted by Gasteiger charge is 2.51. The third-order valence-electron chi connectivity index (χ3n) is 6.21. The fourth-order valence-corrected chi connectivity index (χ4v) is 4.62. The normalized spacial score (nSPS) is 23.9. The Balaban J connectivity index is 1.35. The number of hydrogen-bond acceptors (Lipinski definition) is 4. The van der Waals surface area contributed by atoms with Crippen molar-refractivity contribution >= 4 is 17.5 Å². The zero-order valence-corrected chi connectivity index (χ0v) is 15.1. The molecule has 0 radical (unpaired) electrons. The molecule has 2 heterocycles. The van der Waals surface area contributed by atoms with Crippen molar-refractivity contribution in [2.45, 2.75) is 38.5 Å². The molecule has 0 bridgehead atoms. The first-order chi connectivity index (χ1) is 12.6. The number of anilines is 1. The van der Waals surface area contributed by atoms with E-state index in [2.05, 4.69) is 9.80 Å². The van der Waals surface area contributed by atoms with Gasteiger partial charge < -0.3 is 4.90 Å². The third kappa shape index (κ3) is 3.22. The van der Waals surface area contributed by atoms with Gasteiger partial charge in [0.15, 0.2) is 0 Å². The van der Waals surface area contributed by atoms with Crippen LogP contribution in [-0.2, 0) is 9.59 Å². The number of amides is 2. The van der Waals surface area contributed by atoms with Gasteiger partial charge in [0, 0.05) is 38.3 Å². The van der Waals surface area contributed by atoms with E-state index in [1.54, 1.807) is 12.1 Å². The molecular formula is C20H26FN3O2. The van der Waals surface area contributed by atoms with Crippen LogP contribution in [0.2, 0.25) is 0 Å². The quantitative estimate of drug-likeness (QED) is 0.778. The van der Waals surface area contributed by atoms with E-state index in [-0.39, 0.29) is 17.6 Å². The minimum absolute atomic E-state index is 0.00198. The number of halogens is 1. The summed E-state index contributed by atoms with van der Waals surface area (Å²) in [7, 11) is 0. The fraction of sp³-hybridized carbons (Fsp3) is 0.600. The number of carbonyl (C=O) groups excluding carboxylic acids is 2. The third-order valence-corrected chi connectivity index (χ3v) is 6.21.